The summed E-state index contributed by atoms with van der Waals surface area (Å²) in [5, 5.41) is 6.33. The lowest BCUT2D eigenvalue weighted by molar-refractivity contribution is -0.136. The Hall–Kier alpha value is -1.79. The van der Waals surface area contributed by atoms with Crippen LogP contribution in [0.15, 0.2) is 24.3 Å². The first-order valence-corrected chi connectivity index (χ1v) is 8.45. The van der Waals surface area contributed by atoms with E-state index in [1.165, 1.54) is 0 Å². The summed E-state index contributed by atoms with van der Waals surface area (Å²) < 4.78 is 16.1. The van der Waals surface area contributed by atoms with Crippen molar-refractivity contribution in [2.24, 2.45) is 5.41 Å². The Bertz CT molecular complexity index is 493. The van der Waals surface area contributed by atoms with E-state index < -0.39 is 5.41 Å². The van der Waals surface area contributed by atoms with Crippen LogP contribution in [0.5, 0.6) is 11.5 Å². The molecule has 2 rings (SSSR count). The van der Waals surface area contributed by atoms with Crippen LogP contribution < -0.4 is 20.1 Å². The minimum absolute atomic E-state index is 0.0929. The number of hydrogen-bond acceptors (Lipinski definition) is 5. The average molecular weight is 336 g/mol. The third-order valence-corrected chi connectivity index (χ3v) is 4.40. The van der Waals surface area contributed by atoms with Gasteiger partial charge in [0.2, 0.25) is 5.91 Å². The first-order chi connectivity index (χ1) is 11.7. The molecule has 6 heteroatoms. The van der Waals surface area contributed by atoms with Gasteiger partial charge >= 0.3 is 0 Å². The molecule has 1 amide bonds. The van der Waals surface area contributed by atoms with E-state index in [1.54, 1.807) is 14.2 Å². The van der Waals surface area contributed by atoms with Crippen LogP contribution in [0.3, 0.4) is 0 Å². The number of rotatable bonds is 9. The van der Waals surface area contributed by atoms with Gasteiger partial charge in [-0.2, -0.15) is 0 Å². The first kappa shape index (κ1) is 18.5. The largest absolute Gasteiger partial charge is 0.497 e. The third kappa shape index (κ3) is 5.11. The zero-order valence-corrected chi connectivity index (χ0v) is 14.6. The van der Waals surface area contributed by atoms with Crippen LogP contribution in [0.4, 0.5) is 0 Å². The van der Waals surface area contributed by atoms with Gasteiger partial charge in [-0.1, -0.05) is 0 Å². The molecule has 0 aromatic heterocycles. The Morgan fingerprint density at radius 3 is 2.46 bits per heavy atom. The molecule has 0 saturated carbocycles. The molecule has 1 saturated heterocycles. The number of hydrogen-bond donors (Lipinski definition) is 2. The van der Waals surface area contributed by atoms with Crippen molar-refractivity contribution in [3.63, 3.8) is 0 Å². The number of benzene rings is 1. The van der Waals surface area contributed by atoms with Crippen molar-refractivity contribution in [3.05, 3.63) is 24.3 Å². The zero-order valence-electron chi connectivity index (χ0n) is 14.6. The van der Waals surface area contributed by atoms with E-state index in [0.717, 1.165) is 43.9 Å². The lowest BCUT2D eigenvalue weighted by atomic mass is 9.78. The molecule has 1 aromatic rings. The second-order valence-electron chi connectivity index (χ2n) is 6.10. The number of carbonyl (C=O) groups is 1. The highest BCUT2D eigenvalue weighted by molar-refractivity contribution is 5.83. The van der Waals surface area contributed by atoms with E-state index in [2.05, 4.69) is 10.6 Å². The summed E-state index contributed by atoms with van der Waals surface area (Å²) in [5.41, 5.74) is -0.392. The van der Waals surface area contributed by atoms with Gasteiger partial charge < -0.3 is 24.8 Å². The van der Waals surface area contributed by atoms with Gasteiger partial charge in [0.15, 0.2) is 0 Å². The van der Waals surface area contributed by atoms with Crippen LogP contribution in [-0.2, 0) is 9.53 Å². The molecule has 0 aliphatic carbocycles. The van der Waals surface area contributed by atoms with Crippen molar-refractivity contribution in [1.29, 1.82) is 0 Å². The van der Waals surface area contributed by atoms with Crippen LogP contribution in [0.25, 0.3) is 0 Å². The van der Waals surface area contributed by atoms with Crippen molar-refractivity contribution in [1.82, 2.24) is 10.6 Å². The van der Waals surface area contributed by atoms with Gasteiger partial charge in [-0.05, 0) is 56.6 Å². The zero-order chi connectivity index (χ0) is 17.3. The summed E-state index contributed by atoms with van der Waals surface area (Å²) in [6.07, 6.45) is 2.39. The molecule has 6 nitrogen and oxygen atoms in total. The summed E-state index contributed by atoms with van der Waals surface area (Å²) in [6.45, 7) is 3.36. The maximum absolute atomic E-state index is 12.5. The molecule has 1 fully saturated rings. The maximum Gasteiger partial charge on any atom is 0.228 e. The van der Waals surface area contributed by atoms with Gasteiger partial charge in [-0.3, -0.25) is 4.79 Å². The fraction of sp³-hybridized carbons (Fsp3) is 0.611. The predicted octanol–water partition coefficient (Wildman–Crippen LogP) is 1.60. The number of amides is 1. The molecule has 0 spiro atoms. The normalized spacial score (nSPS) is 16.4. The van der Waals surface area contributed by atoms with Crippen molar-refractivity contribution < 1.29 is 19.0 Å². The van der Waals surface area contributed by atoms with Gasteiger partial charge in [0, 0.05) is 13.7 Å². The predicted molar refractivity (Wildman–Crippen MR) is 92.5 cm³/mol. The number of carbonyl (C=O) groups excluding carboxylic acids is 1. The van der Waals surface area contributed by atoms with E-state index in [-0.39, 0.29) is 5.91 Å². The number of ether oxygens (including phenoxy) is 3. The topological polar surface area (TPSA) is 68.8 Å². The van der Waals surface area contributed by atoms with E-state index >= 15 is 0 Å². The van der Waals surface area contributed by atoms with Crippen LogP contribution in [0.1, 0.15) is 19.3 Å². The molecule has 1 heterocycles. The van der Waals surface area contributed by atoms with E-state index in [0.29, 0.717) is 19.8 Å². The summed E-state index contributed by atoms with van der Waals surface area (Å²) >= 11 is 0. The van der Waals surface area contributed by atoms with Crippen molar-refractivity contribution in [3.8, 4) is 11.5 Å². The van der Waals surface area contributed by atoms with E-state index in [9.17, 15) is 4.79 Å². The SMILES string of the molecule is COCC1(C(=O)NCCCOc2ccc(OC)cc2)CCNCC1. The molecule has 134 valence electrons. The summed E-state index contributed by atoms with van der Waals surface area (Å²) in [4.78, 5) is 12.5. The fourth-order valence-corrected chi connectivity index (χ4v) is 2.94. The van der Waals surface area contributed by atoms with E-state index in [4.69, 9.17) is 14.2 Å². The molecule has 0 atom stereocenters. The summed E-state index contributed by atoms with van der Waals surface area (Å²) in [6, 6.07) is 7.48. The Morgan fingerprint density at radius 2 is 1.83 bits per heavy atom. The van der Waals surface area contributed by atoms with Crippen LogP contribution in [0.2, 0.25) is 0 Å². The highest BCUT2D eigenvalue weighted by atomic mass is 16.5. The standard InChI is InChI=1S/C18H28N2O4/c1-22-14-18(8-11-19-12-9-18)17(21)20-10-3-13-24-16-6-4-15(23-2)5-7-16/h4-7,19H,3,8-14H2,1-2H3,(H,20,21). The molecular weight excluding hydrogens is 308 g/mol. The molecule has 1 aliphatic heterocycles. The molecule has 24 heavy (non-hydrogen) atoms. The Labute approximate surface area is 143 Å². The van der Waals surface area contributed by atoms with Gasteiger partial charge in [0.05, 0.1) is 25.7 Å². The highest BCUT2D eigenvalue weighted by Crippen LogP contribution is 2.29. The maximum atomic E-state index is 12.5. The van der Waals surface area contributed by atoms with Crippen molar-refractivity contribution >= 4 is 5.91 Å². The highest BCUT2D eigenvalue weighted by Gasteiger charge is 2.39. The summed E-state index contributed by atoms with van der Waals surface area (Å²) in [7, 11) is 3.29. The molecule has 1 aromatic carbocycles. The molecule has 0 radical (unpaired) electrons. The quantitative estimate of drug-likeness (QED) is 0.671. The number of piperidine rings is 1. The van der Waals surface area contributed by atoms with Gasteiger partial charge in [0.25, 0.3) is 0 Å². The molecule has 0 bridgehead atoms. The van der Waals surface area contributed by atoms with Gasteiger partial charge in [-0.15, -0.1) is 0 Å². The first-order valence-electron chi connectivity index (χ1n) is 8.45. The smallest absolute Gasteiger partial charge is 0.228 e. The molecule has 1 aliphatic rings. The number of methoxy groups -OCH3 is 2. The summed E-state index contributed by atoms with van der Waals surface area (Å²) in [5.74, 6) is 1.70. The second kappa shape index (κ2) is 9.49. The van der Waals surface area contributed by atoms with Crippen LogP contribution >= 0.6 is 0 Å². The Morgan fingerprint density at radius 1 is 1.17 bits per heavy atom. The Kier molecular flexibility index (Phi) is 7.34. The van der Waals surface area contributed by atoms with Crippen molar-refractivity contribution in [2.75, 3.05) is 47.1 Å². The Balaban J connectivity index is 1.69. The second-order valence-corrected chi connectivity index (χ2v) is 6.10. The van der Waals surface area contributed by atoms with E-state index in [1.807, 2.05) is 24.3 Å². The minimum Gasteiger partial charge on any atom is -0.497 e. The third-order valence-electron chi connectivity index (χ3n) is 4.40. The average Bonchev–Trinajstić information content (AvgIpc) is 2.63. The molecule has 2 N–H and O–H groups in total. The van der Waals surface area contributed by atoms with Crippen LogP contribution in [0, 0.1) is 5.41 Å². The minimum atomic E-state index is -0.392. The molecule has 0 unspecified atom stereocenters. The van der Waals surface area contributed by atoms with Crippen molar-refractivity contribution in [2.45, 2.75) is 19.3 Å². The number of nitrogens with one attached hydrogen (secondary N) is 2. The van der Waals surface area contributed by atoms with Gasteiger partial charge in [0.1, 0.15) is 11.5 Å². The lowest BCUT2D eigenvalue weighted by Crippen LogP contribution is -2.50. The fourth-order valence-electron chi connectivity index (χ4n) is 2.94. The van der Waals surface area contributed by atoms with Crippen LogP contribution in [-0.4, -0.2) is 53.0 Å². The lowest BCUT2D eigenvalue weighted by Gasteiger charge is -2.35. The monoisotopic (exact) mass is 336 g/mol. The van der Waals surface area contributed by atoms with Gasteiger partial charge in [-0.25, -0.2) is 0 Å². The molecular formula is C18H28N2O4.